The molecule has 2 N–H and O–H groups in total. The van der Waals surface area contributed by atoms with Gasteiger partial charge in [-0.3, -0.25) is 9.36 Å². The van der Waals surface area contributed by atoms with Crippen LogP contribution in [0.1, 0.15) is 0 Å². The van der Waals surface area contributed by atoms with Crippen LogP contribution in [-0.4, -0.2) is 9.55 Å². The fraction of sp³-hybridized carbons (Fsp3) is 0. The lowest BCUT2D eigenvalue weighted by Crippen LogP contribution is -2.18. The second-order valence-electron chi connectivity index (χ2n) is 4.02. The Labute approximate surface area is 103 Å². The van der Waals surface area contributed by atoms with Gasteiger partial charge in [-0.25, -0.2) is 4.98 Å². The van der Waals surface area contributed by atoms with E-state index in [0.29, 0.717) is 11.2 Å². The zero-order valence-electron chi connectivity index (χ0n) is 9.58. The standard InChI is InChI=1S/C14H11N3O/c15-10-6-7-13-12(8-10)16-9-14(18)17(13)11-4-2-1-3-5-11/h1-9H,15H2. The lowest BCUT2D eigenvalue weighted by molar-refractivity contribution is 1.02. The van der Waals surface area contributed by atoms with Crippen molar-refractivity contribution in [1.82, 2.24) is 9.55 Å². The molecule has 4 heteroatoms. The molecule has 0 aliphatic heterocycles. The second-order valence-corrected chi connectivity index (χ2v) is 4.02. The lowest BCUT2D eigenvalue weighted by Gasteiger charge is -2.09. The zero-order chi connectivity index (χ0) is 12.5. The van der Waals surface area contributed by atoms with Crippen LogP contribution in [-0.2, 0) is 0 Å². The van der Waals surface area contributed by atoms with Crippen molar-refractivity contribution in [2.45, 2.75) is 0 Å². The molecule has 2 aromatic carbocycles. The summed E-state index contributed by atoms with van der Waals surface area (Å²) in [5, 5.41) is 0. The van der Waals surface area contributed by atoms with Gasteiger partial charge in [0, 0.05) is 11.4 Å². The van der Waals surface area contributed by atoms with Gasteiger partial charge in [-0.05, 0) is 30.3 Å². The number of benzene rings is 2. The van der Waals surface area contributed by atoms with Crippen molar-refractivity contribution in [3.05, 3.63) is 65.1 Å². The van der Waals surface area contributed by atoms with E-state index in [9.17, 15) is 4.79 Å². The number of nitrogens with two attached hydrogens (primary N) is 1. The highest BCUT2D eigenvalue weighted by atomic mass is 16.1. The number of hydrogen-bond acceptors (Lipinski definition) is 3. The number of fused-ring (bicyclic) bond motifs is 1. The van der Waals surface area contributed by atoms with Crippen molar-refractivity contribution >= 4 is 16.7 Å². The van der Waals surface area contributed by atoms with E-state index < -0.39 is 0 Å². The number of nitrogens with zero attached hydrogens (tertiary/aromatic N) is 2. The van der Waals surface area contributed by atoms with E-state index in [-0.39, 0.29) is 5.56 Å². The first-order valence-electron chi connectivity index (χ1n) is 5.58. The molecule has 0 aliphatic carbocycles. The summed E-state index contributed by atoms with van der Waals surface area (Å²) in [6.45, 7) is 0. The van der Waals surface area contributed by atoms with Gasteiger partial charge in [0.15, 0.2) is 0 Å². The average molecular weight is 237 g/mol. The Bertz CT molecular complexity index is 763. The van der Waals surface area contributed by atoms with E-state index in [1.807, 2.05) is 36.4 Å². The van der Waals surface area contributed by atoms with E-state index in [1.165, 1.54) is 6.20 Å². The summed E-state index contributed by atoms with van der Waals surface area (Å²) in [5.74, 6) is 0. The molecule has 0 fully saturated rings. The largest absolute Gasteiger partial charge is 0.399 e. The number of nitrogen functional groups attached to an aromatic ring is 1. The molecule has 0 bridgehead atoms. The van der Waals surface area contributed by atoms with Crippen LogP contribution < -0.4 is 11.3 Å². The highest BCUT2D eigenvalue weighted by Crippen LogP contribution is 2.16. The Balaban J connectivity index is 2.41. The van der Waals surface area contributed by atoms with E-state index in [2.05, 4.69) is 4.98 Å². The average Bonchev–Trinajstić information content (AvgIpc) is 2.40. The maximum Gasteiger partial charge on any atom is 0.274 e. The van der Waals surface area contributed by atoms with Crippen LogP contribution in [0, 0.1) is 0 Å². The van der Waals surface area contributed by atoms with E-state index in [4.69, 9.17) is 5.73 Å². The predicted octanol–water partition coefficient (Wildman–Crippen LogP) is 1.97. The first-order valence-corrected chi connectivity index (χ1v) is 5.58. The molecule has 0 aliphatic rings. The maximum atomic E-state index is 12.0. The molecule has 0 radical (unpaired) electrons. The molecule has 0 saturated carbocycles. The van der Waals surface area contributed by atoms with Gasteiger partial charge in [0.1, 0.15) is 0 Å². The molecule has 88 valence electrons. The monoisotopic (exact) mass is 237 g/mol. The third-order valence-corrected chi connectivity index (χ3v) is 2.79. The molecule has 18 heavy (non-hydrogen) atoms. The van der Waals surface area contributed by atoms with Gasteiger partial charge in [-0.2, -0.15) is 0 Å². The van der Waals surface area contributed by atoms with E-state index in [0.717, 1.165) is 11.2 Å². The van der Waals surface area contributed by atoms with Crippen molar-refractivity contribution in [1.29, 1.82) is 0 Å². The Morgan fingerprint density at radius 3 is 2.61 bits per heavy atom. The third-order valence-electron chi connectivity index (χ3n) is 2.79. The van der Waals surface area contributed by atoms with Gasteiger partial charge in [0.05, 0.1) is 17.2 Å². The molecular formula is C14H11N3O. The predicted molar refractivity (Wildman–Crippen MR) is 71.8 cm³/mol. The SMILES string of the molecule is Nc1ccc2c(c1)ncc(=O)n2-c1ccccc1. The molecule has 1 aromatic heterocycles. The van der Waals surface area contributed by atoms with Crippen LogP contribution in [0.4, 0.5) is 5.69 Å². The molecule has 4 nitrogen and oxygen atoms in total. The Hall–Kier alpha value is -2.62. The highest BCUT2D eigenvalue weighted by molar-refractivity contribution is 5.79. The molecular weight excluding hydrogens is 226 g/mol. The normalized spacial score (nSPS) is 10.7. The van der Waals surface area contributed by atoms with Gasteiger partial charge in [-0.15, -0.1) is 0 Å². The first-order chi connectivity index (χ1) is 8.75. The summed E-state index contributed by atoms with van der Waals surface area (Å²) in [6.07, 6.45) is 1.31. The first kappa shape index (κ1) is 10.5. The second kappa shape index (κ2) is 4.00. The van der Waals surface area contributed by atoms with Crippen LogP contribution >= 0.6 is 0 Å². The topological polar surface area (TPSA) is 60.9 Å². The lowest BCUT2D eigenvalue weighted by atomic mass is 10.2. The number of aromatic nitrogens is 2. The molecule has 1 heterocycles. The van der Waals surface area contributed by atoms with Gasteiger partial charge in [0.2, 0.25) is 0 Å². The summed E-state index contributed by atoms with van der Waals surface area (Å²) in [7, 11) is 0. The molecule has 0 spiro atoms. The minimum absolute atomic E-state index is 0.154. The fourth-order valence-corrected chi connectivity index (χ4v) is 1.98. The van der Waals surface area contributed by atoms with E-state index in [1.54, 1.807) is 16.7 Å². The number of anilines is 1. The van der Waals surface area contributed by atoms with Crippen LogP contribution in [0.2, 0.25) is 0 Å². The smallest absolute Gasteiger partial charge is 0.274 e. The van der Waals surface area contributed by atoms with Crippen molar-refractivity contribution in [3.8, 4) is 5.69 Å². The van der Waals surface area contributed by atoms with Crippen molar-refractivity contribution in [2.24, 2.45) is 0 Å². The van der Waals surface area contributed by atoms with Crippen LogP contribution in [0.3, 0.4) is 0 Å². The quantitative estimate of drug-likeness (QED) is 0.658. The molecule has 0 amide bonds. The van der Waals surface area contributed by atoms with Crippen LogP contribution in [0.25, 0.3) is 16.7 Å². The molecule has 3 rings (SSSR count). The molecule has 0 unspecified atom stereocenters. The number of hydrogen-bond donors (Lipinski definition) is 1. The minimum Gasteiger partial charge on any atom is -0.399 e. The zero-order valence-corrected chi connectivity index (χ0v) is 9.58. The number of rotatable bonds is 1. The van der Waals surface area contributed by atoms with Gasteiger partial charge in [0.25, 0.3) is 5.56 Å². The Morgan fingerprint density at radius 1 is 1.06 bits per heavy atom. The highest BCUT2D eigenvalue weighted by Gasteiger charge is 2.05. The Morgan fingerprint density at radius 2 is 1.83 bits per heavy atom. The molecule has 0 atom stereocenters. The fourth-order valence-electron chi connectivity index (χ4n) is 1.98. The van der Waals surface area contributed by atoms with Crippen molar-refractivity contribution < 1.29 is 0 Å². The molecule has 0 saturated heterocycles. The van der Waals surface area contributed by atoms with Crippen molar-refractivity contribution in [2.75, 3.05) is 5.73 Å². The van der Waals surface area contributed by atoms with E-state index >= 15 is 0 Å². The van der Waals surface area contributed by atoms with Gasteiger partial charge in [-0.1, -0.05) is 18.2 Å². The molecule has 3 aromatic rings. The van der Waals surface area contributed by atoms with Crippen molar-refractivity contribution in [3.63, 3.8) is 0 Å². The van der Waals surface area contributed by atoms with Crippen LogP contribution in [0.15, 0.2) is 59.5 Å². The maximum absolute atomic E-state index is 12.0. The summed E-state index contributed by atoms with van der Waals surface area (Å²) < 4.78 is 1.63. The summed E-state index contributed by atoms with van der Waals surface area (Å²) in [4.78, 5) is 16.1. The number of para-hydroxylation sites is 1. The summed E-state index contributed by atoms with van der Waals surface area (Å²) in [5.41, 5.74) is 8.48. The van der Waals surface area contributed by atoms with Crippen LogP contribution in [0.5, 0.6) is 0 Å². The Kier molecular flexibility index (Phi) is 2.34. The van der Waals surface area contributed by atoms with Gasteiger partial charge >= 0.3 is 0 Å². The van der Waals surface area contributed by atoms with Gasteiger partial charge < -0.3 is 5.73 Å². The summed E-state index contributed by atoms with van der Waals surface area (Å²) in [6, 6.07) is 14.8. The minimum atomic E-state index is -0.154. The third kappa shape index (κ3) is 1.64. The summed E-state index contributed by atoms with van der Waals surface area (Å²) >= 11 is 0.